The Kier molecular flexibility index (Phi) is 3.53. The van der Waals surface area contributed by atoms with Crippen LogP contribution in [0.25, 0.3) is 32.6 Å². The highest BCUT2D eigenvalue weighted by atomic mass is 16.7. The predicted molar refractivity (Wildman–Crippen MR) is 110 cm³/mol. The lowest BCUT2D eigenvalue weighted by molar-refractivity contribution is 0.174. The second-order valence-electron chi connectivity index (χ2n) is 6.78. The highest BCUT2D eigenvalue weighted by Crippen LogP contribution is 2.39. The molecule has 3 aromatic carbocycles. The van der Waals surface area contributed by atoms with Gasteiger partial charge in [-0.05, 0) is 53.8 Å². The summed E-state index contributed by atoms with van der Waals surface area (Å²) in [6, 6.07) is 17.6. The Morgan fingerprint density at radius 1 is 1.00 bits per heavy atom. The van der Waals surface area contributed by atoms with E-state index >= 15 is 0 Å². The average Bonchev–Trinajstić information content (AvgIpc) is 3.33. The number of hydrogen-bond donors (Lipinski definition) is 1. The van der Waals surface area contributed by atoms with Crippen LogP contribution < -0.4 is 15.2 Å². The van der Waals surface area contributed by atoms with E-state index in [0.717, 1.165) is 50.5 Å². The van der Waals surface area contributed by atoms with E-state index in [1.807, 2.05) is 55.5 Å². The first-order chi connectivity index (χ1) is 13.7. The fourth-order valence-corrected chi connectivity index (χ4v) is 3.70. The second kappa shape index (κ2) is 6.07. The number of nitrogens with two attached hydrogens (primary N) is 1. The maximum atomic E-state index is 7.39. The third kappa shape index (κ3) is 2.39. The zero-order chi connectivity index (χ0) is 19.3. The van der Waals surface area contributed by atoms with Gasteiger partial charge in [0, 0.05) is 29.2 Å². The van der Waals surface area contributed by atoms with Gasteiger partial charge >= 0.3 is 0 Å². The normalized spacial score (nSPS) is 12.3. The van der Waals surface area contributed by atoms with E-state index in [2.05, 4.69) is 21.7 Å². The number of rotatable bonds is 2. The number of nitrogen functional groups attached to an aromatic ring is 1. The molecule has 5 rings (SSSR count). The number of anilines is 1. The lowest BCUT2D eigenvalue weighted by Crippen LogP contribution is -1.93. The minimum absolute atomic E-state index is 0.243. The van der Waals surface area contributed by atoms with Crippen LogP contribution in [0.15, 0.2) is 60.8 Å². The summed E-state index contributed by atoms with van der Waals surface area (Å²) in [6.45, 7) is 9.66. The van der Waals surface area contributed by atoms with E-state index in [9.17, 15) is 0 Å². The van der Waals surface area contributed by atoms with Crippen LogP contribution in [0.1, 0.15) is 5.56 Å². The summed E-state index contributed by atoms with van der Waals surface area (Å²) in [7, 11) is 0. The van der Waals surface area contributed by atoms with Crippen molar-refractivity contribution in [2.24, 2.45) is 0 Å². The molecule has 0 spiro atoms. The molecule has 2 N–H and O–H groups in total. The van der Waals surface area contributed by atoms with Gasteiger partial charge in [0.25, 0.3) is 0 Å². The van der Waals surface area contributed by atoms with Crippen molar-refractivity contribution in [2.75, 3.05) is 12.5 Å². The molecular weight excluding hydrogens is 350 g/mol. The Morgan fingerprint density at radius 3 is 2.71 bits per heavy atom. The minimum atomic E-state index is 0.243. The first kappa shape index (κ1) is 16.3. The third-order valence-electron chi connectivity index (χ3n) is 5.22. The van der Waals surface area contributed by atoms with E-state index in [1.54, 1.807) is 0 Å². The van der Waals surface area contributed by atoms with Crippen molar-refractivity contribution in [1.82, 2.24) is 4.57 Å². The van der Waals surface area contributed by atoms with E-state index in [-0.39, 0.29) is 6.79 Å². The zero-order valence-corrected chi connectivity index (χ0v) is 15.3. The van der Waals surface area contributed by atoms with Crippen LogP contribution in [0.2, 0.25) is 0 Å². The summed E-state index contributed by atoms with van der Waals surface area (Å²) < 4.78 is 13.1. The van der Waals surface area contributed by atoms with Gasteiger partial charge in [-0.1, -0.05) is 18.2 Å². The molecule has 1 aliphatic heterocycles. The van der Waals surface area contributed by atoms with Crippen LogP contribution in [0, 0.1) is 13.5 Å². The molecule has 0 atom stereocenters. The lowest BCUT2D eigenvalue weighted by atomic mass is 9.99. The van der Waals surface area contributed by atoms with Gasteiger partial charge in [-0.15, -0.1) is 0 Å². The third-order valence-corrected chi connectivity index (χ3v) is 5.22. The van der Waals surface area contributed by atoms with Crippen molar-refractivity contribution >= 4 is 22.3 Å². The maximum absolute atomic E-state index is 7.39. The molecule has 0 aliphatic carbocycles. The van der Waals surface area contributed by atoms with E-state index < -0.39 is 0 Å². The topological polar surface area (TPSA) is 53.8 Å². The highest BCUT2D eigenvalue weighted by molar-refractivity contribution is 6.00. The van der Waals surface area contributed by atoms with Gasteiger partial charge in [-0.3, -0.25) is 0 Å². The van der Waals surface area contributed by atoms with Crippen LogP contribution in [0.5, 0.6) is 11.5 Å². The quantitative estimate of drug-likeness (QED) is 0.378. The molecule has 1 aromatic heterocycles. The molecule has 0 unspecified atom stereocenters. The van der Waals surface area contributed by atoms with Gasteiger partial charge in [-0.25, -0.2) is 4.85 Å². The average molecular weight is 367 g/mol. The van der Waals surface area contributed by atoms with E-state index in [1.165, 1.54) is 0 Å². The van der Waals surface area contributed by atoms with Crippen LogP contribution >= 0.6 is 0 Å². The van der Waals surface area contributed by atoms with Crippen molar-refractivity contribution in [3.8, 4) is 28.3 Å². The maximum Gasteiger partial charge on any atom is 0.231 e. The molecule has 0 bridgehead atoms. The van der Waals surface area contributed by atoms with Gasteiger partial charge in [0.2, 0.25) is 6.79 Å². The first-order valence-corrected chi connectivity index (χ1v) is 8.94. The summed E-state index contributed by atoms with van der Waals surface area (Å²) in [5.41, 5.74) is 12.6. The van der Waals surface area contributed by atoms with Gasteiger partial charge in [0.15, 0.2) is 17.2 Å². The number of aromatic nitrogens is 1. The minimum Gasteiger partial charge on any atom is -0.454 e. The molecule has 0 saturated carbocycles. The zero-order valence-electron chi connectivity index (χ0n) is 15.3. The van der Waals surface area contributed by atoms with Crippen molar-refractivity contribution in [3.05, 3.63) is 77.8 Å². The first-order valence-electron chi connectivity index (χ1n) is 8.94. The number of hydrogen-bond acceptors (Lipinski definition) is 3. The van der Waals surface area contributed by atoms with Gasteiger partial charge in [0.1, 0.15) is 0 Å². The Labute approximate surface area is 162 Å². The summed E-state index contributed by atoms with van der Waals surface area (Å²) in [6.07, 6.45) is 2.09. The number of nitrogens with zero attached hydrogens (tertiary/aromatic N) is 2. The molecule has 2 heterocycles. The largest absolute Gasteiger partial charge is 0.454 e. The Hall–Kier alpha value is -3.91. The van der Waals surface area contributed by atoms with Crippen LogP contribution in [0.4, 0.5) is 11.4 Å². The fourth-order valence-electron chi connectivity index (χ4n) is 3.70. The van der Waals surface area contributed by atoms with E-state index in [4.69, 9.17) is 21.8 Å². The van der Waals surface area contributed by atoms with Crippen molar-refractivity contribution in [1.29, 1.82) is 0 Å². The summed E-state index contributed by atoms with van der Waals surface area (Å²) in [4.78, 5) is 3.60. The van der Waals surface area contributed by atoms with Crippen LogP contribution in [-0.4, -0.2) is 11.4 Å². The molecular formula is C23H17N3O2. The summed E-state index contributed by atoms with van der Waals surface area (Å²) >= 11 is 0. The Morgan fingerprint density at radius 2 is 1.86 bits per heavy atom. The molecule has 5 nitrogen and oxygen atoms in total. The number of benzene rings is 3. The van der Waals surface area contributed by atoms with Gasteiger partial charge in [0.05, 0.1) is 12.1 Å². The highest BCUT2D eigenvalue weighted by Gasteiger charge is 2.18. The van der Waals surface area contributed by atoms with Gasteiger partial charge in [-0.2, -0.15) is 0 Å². The molecule has 4 aromatic rings. The molecule has 0 radical (unpaired) electrons. The number of fused-ring (bicyclic) bond motifs is 2. The fraction of sp³-hybridized carbons (Fsp3) is 0.0870. The Bertz CT molecular complexity index is 1280. The monoisotopic (exact) mass is 367 g/mol. The van der Waals surface area contributed by atoms with Gasteiger partial charge < -0.3 is 19.8 Å². The summed E-state index contributed by atoms with van der Waals surface area (Å²) in [5.74, 6) is 1.49. The standard InChI is InChI=1S/C23H17N3O2/c1-14-17(4-3-5-20(14)24)19-12-26(21-8-6-15(25-2)10-18(19)21)16-7-9-22-23(11-16)28-13-27-22/h3-12H,13,24H2,1H3. The molecule has 28 heavy (non-hydrogen) atoms. The molecule has 5 heteroatoms. The van der Waals surface area contributed by atoms with E-state index in [0.29, 0.717) is 5.69 Å². The molecule has 0 saturated heterocycles. The summed E-state index contributed by atoms with van der Waals surface area (Å²) in [5, 5.41) is 1.01. The molecule has 0 amide bonds. The molecule has 136 valence electrons. The Balaban J connectivity index is 1.80. The van der Waals surface area contributed by atoms with Crippen LogP contribution in [0.3, 0.4) is 0 Å². The molecule has 0 fully saturated rings. The number of ether oxygens (including phenoxy) is 2. The van der Waals surface area contributed by atoms with Crippen molar-refractivity contribution in [2.45, 2.75) is 6.92 Å². The second-order valence-corrected chi connectivity index (χ2v) is 6.78. The van der Waals surface area contributed by atoms with Crippen molar-refractivity contribution < 1.29 is 9.47 Å². The van der Waals surface area contributed by atoms with Crippen LogP contribution in [-0.2, 0) is 0 Å². The SMILES string of the molecule is [C-]#[N+]c1ccc2c(c1)c(-c1cccc(N)c1C)cn2-c1ccc2c(c1)OCO2. The predicted octanol–water partition coefficient (Wildman–Crippen LogP) is 5.47. The lowest BCUT2D eigenvalue weighted by Gasteiger charge is -2.07. The molecule has 1 aliphatic rings. The van der Waals surface area contributed by atoms with Crippen molar-refractivity contribution in [3.63, 3.8) is 0 Å². The smallest absolute Gasteiger partial charge is 0.231 e.